The lowest BCUT2D eigenvalue weighted by Crippen LogP contribution is -2.41. The molecule has 1 atom stereocenters. The zero-order chi connectivity index (χ0) is 15.9. The Balaban J connectivity index is 1.80. The van der Waals surface area contributed by atoms with E-state index < -0.39 is 0 Å². The van der Waals surface area contributed by atoms with Crippen LogP contribution in [0.2, 0.25) is 0 Å². The molecule has 2 aromatic rings. The van der Waals surface area contributed by atoms with E-state index in [-0.39, 0.29) is 11.9 Å². The van der Waals surface area contributed by atoms with E-state index in [1.807, 2.05) is 31.9 Å². The molecular formula is C16H23N5O. The minimum Gasteiger partial charge on any atom is -0.335 e. The molecule has 0 aromatic carbocycles. The van der Waals surface area contributed by atoms with Gasteiger partial charge in [-0.25, -0.2) is 0 Å². The number of amides is 1. The number of nitrogens with zero attached hydrogens (tertiary/aromatic N) is 5. The van der Waals surface area contributed by atoms with Gasteiger partial charge in [0.25, 0.3) is 5.91 Å². The number of hydrogen-bond donors (Lipinski definition) is 0. The van der Waals surface area contributed by atoms with Crippen molar-refractivity contribution in [1.29, 1.82) is 0 Å². The van der Waals surface area contributed by atoms with Crippen molar-refractivity contribution < 1.29 is 4.79 Å². The highest BCUT2D eigenvalue weighted by atomic mass is 16.2. The summed E-state index contributed by atoms with van der Waals surface area (Å²) in [6, 6.07) is 4.21. The van der Waals surface area contributed by atoms with Gasteiger partial charge >= 0.3 is 0 Å². The second-order valence-corrected chi connectivity index (χ2v) is 6.21. The number of aryl methyl sites for hydroxylation is 4. The average Bonchev–Trinajstić information content (AvgIpc) is 2.99. The van der Waals surface area contributed by atoms with E-state index in [2.05, 4.69) is 27.9 Å². The van der Waals surface area contributed by atoms with E-state index in [1.165, 1.54) is 0 Å². The first kappa shape index (κ1) is 14.8. The molecule has 1 amide bonds. The highest BCUT2D eigenvalue weighted by molar-refractivity contribution is 5.92. The van der Waals surface area contributed by atoms with Gasteiger partial charge in [-0.05, 0) is 45.7 Å². The van der Waals surface area contributed by atoms with E-state index in [0.29, 0.717) is 12.2 Å². The number of carbonyl (C=O) groups is 1. The quantitative estimate of drug-likeness (QED) is 0.852. The lowest BCUT2D eigenvalue weighted by atomic mass is 10.1. The molecule has 6 nitrogen and oxygen atoms in total. The average molecular weight is 301 g/mol. The van der Waals surface area contributed by atoms with Crippen molar-refractivity contribution >= 4 is 5.91 Å². The summed E-state index contributed by atoms with van der Waals surface area (Å²) in [5, 5.41) is 8.86. The molecule has 1 aliphatic rings. The first-order chi connectivity index (χ1) is 10.5. The Labute approximate surface area is 130 Å². The van der Waals surface area contributed by atoms with Gasteiger partial charge in [-0.2, -0.15) is 10.2 Å². The lowest BCUT2D eigenvalue weighted by Gasteiger charge is -2.33. The van der Waals surface area contributed by atoms with Gasteiger partial charge in [0.05, 0.1) is 17.4 Å². The van der Waals surface area contributed by atoms with Gasteiger partial charge in [-0.1, -0.05) is 0 Å². The van der Waals surface area contributed by atoms with Gasteiger partial charge in [0.15, 0.2) is 0 Å². The van der Waals surface area contributed by atoms with Crippen molar-refractivity contribution in [2.24, 2.45) is 7.05 Å². The molecule has 22 heavy (non-hydrogen) atoms. The van der Waals surface area contributed by atoms with Gasteiger partial charge in [-0.3, -0.25) is 14.2 Å². The first-order valence-corrected chi connectivity index (χ1v) is 7.78. The molecule has 0 aliphatic carbocycles. The van der Waals surface area contributed by atoms with Crippen molar-refractivity contribution in [2.75, 3.05) is 13.1 Å². The summed E-state index contributed by atoms with van der Waals surface area (Å²) in [6.07, 6.45) is 2.07. The Hall–Kier alpha value is -2.11. The van der Waals surface area contributed by atoms with Crippen molar-refractivity contribution in [3.63, 3.8) is 0 Å². The SMILES string of the molecule is Cc1cc(C(=O)N2CCC[C@@H](n3nc(C)cc3C)C2)n(C)n1. The Morgan fingerprint density at radius 3 is 2.50 bits per heavy atom. The van der Waals surface area contributed by atoms with Crippen LogP contribution >= 0.6 is 0 Å². The summed E-state index contributed by atoms with van der Waals surface area (Å²) in [7, 11) is 1.82. The fourth-order valence-electron chi connectivity index (χ4n) is 3.33. The van der Waals surface area contributed by atoms with Crippen molar-refractivity contribution in [1.82, 2.24) is 24.5 Å². The van der Waals surface area contributed by atoms with Gasteiger partial charge in [-0.15, -0.1) is 0 Å². The third-order valence-electron chi connectivity index (χ3n) is 4.30. The van der Waals surface area contributed by atoms with Gasteiger partial charge in [0.1, 0.15) is 5.69 Å². The molecule has 1 aliphatic heterocycles. The third kappa shape index (κ3) is 2.65. The maximum atomic E-state index is 12.7. The molecule has 0 N–H and O–H groups in total. The molecule has 0 saturated carbocycles. The molecule has 0 bridgehead atoms. The predicted molar refractivity (Wildman–Crippen MR) is 83.8 cm³/mol. The molecule has 3 rings (SSSR count). The Bertz CT molecular complexity index is 699. The Morgan fingerprint density at radius 2 is 1.91 bits per heavy atom. The van der Waals surface area contributed by atoms with Crippen LogP contribution in [0.1, 0.15) is 46.5 Å². The second kappa shape index (κ2) is 5.59. The number of likely N-dealkylation sites (tertiary alicyclic amines) is 1. The highest BCUT2D eigenvalue weighted by Gasteiger charge is 2.28. The summed E-state index contributed by atoms with van der Waals surface area (Å²) < 4.78 is 3.74. The van der Waals surface area contributed by atoms with Crippen molar-refractivity contribution in [3.8, 4) is 0 Å². The topological polar surface area (TPSA) is 56.0 Å². The van der Waals surface area contributed by atoms with E-state index >= 15 is 0 Å². The molecule has 2 aromatic heterocycles. The number of hydrogen-bond acceptors (Lipinski definition) is 3. The summed E-state index contributed by atoms with van der Waals surface area (Å²) in [5.74, 6) is 0.0642. The van der Waals surface area contributed by atoms with Crippen LogP contribution in [0.4, 0.5) is 0 Å². The molecular weight excluding hydrogens is 278 g/mol. The number of aromatic nitrogens is 4. The van der Waals surface area contributed by atoms with Crippen LogP contribution < -0.4 is 0 Å². The summed E-state index contributed by atoms with van der Waals surface area (Å²) in [6.45, 7) is 7.51. The van der Waals surface area contributed by atoms with E-state index in [4.69, 9.17) is 0 Å². The van der Waals surface area contributed by atoms with Crippen LogP contribution in [0.15, 0.2) is 12.1 Å². The van der Waals surface area contributed by atoms with Crippen LogP contribution in [0.5, 0.6) is 0 Å². The van der Waals surface area contributed by atoms with Crippen LogP contribution in [0, 0.1) is 20.8 Å². The molecule has 0 spiro atoms. The molecule has 6 heteroatoms. The minimum atomic E-state index is 0.0642. The van der Waals surface area contributed by atoms with Gasteiger partial charge < -0.3 is 4.90 Å². The second-order valence-electron chi connectivity index (χ2n) is 6.21. The maximum absolute atomic E-state index is 12.7. The fourth-order valence-corrected chi connectivity index (χ4v) is 3.33. The summed E-state index contributed by atoms with van der Waals surface area (Å²) in [4.78, 5) is 14.7. The third-order valence-corrected chi connectivity index (χ3v) is 4.30. The van der Waals surface area contributed by atoms with Gasteiger partial charge in [0, 0.05) is 25.8 Å². The van der Waals surface area contributed by atoms with E-state index in [9.17, 15) is 4.79 Å². The molecule has 0 radical (unpaired) electrons. The fraction of sp³-hybridized carbons (Fsp3) is 0.562. The standard InChI is InChI=1S/C16H23N5O/c1-11-8-13(3)21(18-11)14-6-5-7-20(10-14)16(22)15-9-12(2)17-19(15)4/h8-9,14H,5-7,10H2,1-4H3/t14-/m1/s1. The smallest absolute Gasteiger partial charge is 0.272 e. The lowest BCUT2D eigenvalue weighted by molar-refractivity contribution is 0.0660. The maximum Gasteiger partial charge on any atom is 0.272 e. The van der Waals surface area contributed by atoms with Crippen LogP contribution in [0.3, 0.4) is 0 Å². The Kier molecular flexibility index (Phi) is 3.76. The number of carbonyl (C=O) groups excluding carboxylic acids is 1. The van der Waals surface area contributed by atoms with E-state index in [0.717, 1.165) is 36.5 Å². The highest BCUT2D eigenvalue weighted by Crippen LogP contribution is 2.24. The minimum absolute atomic E-state index is 0.0642. The monoisotopic (exact) mass is 301 g/mol. The molecule has 1 saturated heterocycles. The van der Waals surface area contributed by atoms with Crippen LogP contribution in [-0.4, -0.2) is 43.5 Å². The van der Waals surface area contributed by atoms with Crippen molar-refractivity contribution in [3.05, 3.63) is 34.9 Å². The summed E-state index contributed by atoms with van der Waals surface area (Å²) in [5.41, 5.74) is 3.72. The molecule has 3 heterocycles. The number of piperidine rings is 1. The normalized spacial score (nSPS) is 18.7. The molecule has 1 fully saturated rings. The Morgan fingerprint density at radius 1 is 1.18 bits per heavy atom. The molecule has 0 unspecified atom stereocenters. The van der Waals surface area contributed by atoms with Crippen molar-refractivity contribution in [2.45, 2.75) is 39.7 Å². The summed E-state index contributed by atoms with van der Waals surface area (Å²) >= 11 is 0. The van der Waals surface area contributed by atoms with E-state index in [1.54, 1.807) is 4.68 Å². The van der Waals surface area contributed by atoms with Crippen LogP contribution in [0.25, 0.3) is 0 Å². The number of rotatable bonds is 2. The molecule has 118 valence electrons. The van der Waals surface area contributed by atoms with Crippen LogP contribution in [-0.2, 0) is 7.05 Å². The zero-order valence-electron chi connectivity index (χ0n) is 13.7. The van der Waals surface area contributed by atoms with Gasteiger partial charge in [0.2, 0.25) is 0 Å². The first-order valence-electron chi connectivity index (χ1n) is 7.78. The predicted octanol–water partition coefficient (Wildman–Crippen LogP) is 2.02. The zero-order valence-corrected chi connectivity index (χ0v) is 13.7. The largest absolute Gasteiger partial charge is 0.335 e.